The van der Waals surface area contributed by atoms with Crippen LogP contribution in [0.2, 0.25) is 5.15 Å². The Morgan fingerprint density at radius 2 is 2.05 bits per heavy atom. The minimum absolute atomic E-state index is 0.467. The average molecular weight is 324 g/mol. The van der Waals surface area contributed by atoms with Crippen LogP contribution in [-0.4, -0.2) is 22.1 Å². The molecular formula is C13H10ClN3OS2. The summed E-state index contributed by atoms with van der Waals surface area (Å²) in [5.74, 6) is 0.601. The molecule has 0 bridgehead atoms. The summed E-state index contributed by atoms with van der Waals surface area (Å²) in [6.45, 7) is 1.94. The number of halogens is 1. The Morgan fingerprint density at radius 3 is 2.70 bits per heavy atom. The van der Waals surface area contributed by atoms with E-state index < -0.39 is 0 Å². The highest BCUT2D eigenvalue weighted by molar-refractivity contribution is 7.17. The topological polar surface area (TPSA) is 47.9 Å². The van der Waals surface area contributed by atoms with Crippen molar-refractivity contribution in [1.29, 1.82) is 0 Å². The minimum Gasteiger partial charge on any atom is -0.487 e. The van der Waals surface area contributed by atoms with E-state index in [9.17, 15) is 0 Å². The van der Waals surface area contributed by atoms with Crippen molar-refractivity contribution in [3.63, 3.8) is 0 Å². The number of aryl methyl sites for hydroxylation is 1. The van der Waals surface area contributed by atoms with Crippen LogP contribution in [0, 0.1) is 6.92 Å². The van der Waals surface area contributed by atoms with Gasteiger partial charge in [0, 0.05) is 11.1 Å². The maximum absolute atomic E-state index is 5.86. The maximum Gasteiger partial charge on any atom is 0.189 e. The Morgan fingerprint density at radius 1 is 1.20 bits per heavy atom. The molecule has 20 heavy (non-hydrogen) atoms. The van der Waals surface area contributed by atoms with Crippen LogP contribution >= 0.6 is 34.3 Å². The van der Waals surface area contributed by atoms with Gasteiger partial charge in [-0.25, -0.2) is 15.0 Å². The number of thiazole rings is 1. The van der Waals surface area contributed by atoms with Crippen LogP contribution in [-0.2, 0) is 0 Å². The molecule has 0 fully saturated rings. The molecule has 3 aromatic rings. The molecule has 3 heterocycles. The molecule has 7 heteroatoms. The molecule has 0 radical (unpaired) electrons. The third-order valence-electron chi connectivity index (χ3n) is 2.56. The van der Waals surface area contributed by atoms with Crippen LogP contribution in [0.1, 0.15) is 5.69 Å². The smallest absolute Gasteiger partial charge is 0.189 e. The lowest BCUT2D eigenvalue weighted by molar-refractivity contribution is 0.427. The van der Waals surface area contributed by atoms with E-state index in [1.807, 2.05) is 25.1 Å². The van der Waals surface area contributed by atoms with Crippen molar-refractivity contribution in [2.45, 2.75) is 6.92 Å². The molecule has 0 aliphatic rings. The average Bonchev–Trinajstić information content (AvgIpc) is 3.06. The molecule has 0 unspecified atom stereocenters. The zero-order valence-electron chi connectivity index (χ0n) is 10.8. The molecule has 4 nitrogen and oxygen atoms in total. The lowest BCUT2D eigenvalue weighted by atomic mass is 10.3. The second kappa shape index (κ2) is 5.47. The van der Waals surface area contributed by atoms with Gasteiger partial charge in [0.1, 0.15) is 5.15 Å². The fourth-order valence-corrected chi connectivity index (χ4v) is 3.37. The highest BCUT2D eigenvalue weighted by atomic mass is 35.5. The van der Waals surface area contributed by atoms with Crippen LogP contribution in [0.15, 0.2) is 23.6 Å². The SMILES string of the molecule is COc1ccc(-c2cc(C)nc(-c3nc(Cl)cs3)n2)s1. The number of rotatable bonds is 3. The van der Waals surface area contributed by atoms with Gasteiger partial charge >= 0.3 is 0 Å². The molecule has 3 aromatic heterocycles. The summed E-state index contributed by atoms with van der Waals surface area (Å²) in [4.78, 5) is 14.2. The summed E-state index contributed by atoms with van der Waals surface area (Å²) >= 11 is 8.84. The summed E-state index contributed by atoms with van der Waals surface area (Å²) in [6.07, 6.45) is 0. The number of ether oxygens (including phenoxy) is 1. The van der Waals surface area contributed by atoms with Crippen molar-refractivity contribution in [3.8, 4) is 26.5 Å². The monoisotopic (exact) mass is 323 g/mol. The van der Waals surface area contributed by atoms with E-state index in [2.05, 4.69) is 15.0 Å². The molecule has 0 saturated heterocycles. The highest BCUT2D eigenvalue weighted by Crippen LogP contribution is 2.33. The number of nitrogens with zero attached hydrogens (tertiary/aromatic N) is 3. The lowest BCUT2D eigenvalue weighted by Gasteiger charge is -2.02. The Balaban J connectivity index is 2.06. The standard InChI is InChI=1S/C13H10ClN3OS2/c1-7-5-8(9-3-4-11(18-2)20-9)16-12(15-7)13-17-10(14)6-19-13/h3-6H,1-2H3. The van der Waals surface area contributed by atoms with Gasteiger partial charge in [0.2, 0.25) is 0 Å². The number of hydrogen-bond acceptors (Lipinski definition) is 6. The van der Waals surface area contributed by atoms with Crippen LogP contribution < -0.4 is 4.74 Å². The Hall–Kier alpha value is -1.50. The Labute approximate surface area is 129 Å². The molecule has 0 aliphatic carbocycles. The molecule has 102 valence electrons. The van der Waals surface area contributed by atoms with E-state index in [4.69, 9.17) is 16.3 Å². The highest BCUT2D eigenvalue weighted by Gasteiger charge is 2.12. The summed E-state index contributed by atoms with van der Waals surface area (Å²) in [6, 6.07) is 5.87. The first-order valence-corrected chi connectivity index (χ1v) is 7.84. The van der Waals surface area contributed by atoms with Gasteiger partial charge in [0.25, 0.3) is 0 Å². The van der Waals surface area contributed by atoms with Crippen molar-refractivity contribution in [2.24, 2.45) is 0 Å². The van der Waals surface area contributed by atoms with E-state index in [-0.39, 0.29) is 0 Å². The predicted octanol–water partition coefficient (Wildman–Crippen LogP) is 4.30. The largest absolute Gasteiger partial charge is 0.487 e. The number of methoxy groups -OCH3 is 1. The van der Waals surface area contributed by atoms with Crippen LogP contribution in [0.5, 0.6) is 5.06 Å². The molecule has 0 N–H and O–H groups in total. The normalized spacial score (nSPS) is 10.8. The Kier molecular flexibility index (Phi) is 3.69. The first kappa shape index (κ1) is 13.5. The number of hydrogen-bond donors (Lipinski definition) is 0. The maximum atomic E-state index is 5.86. The zero-order chi connectivity index (χ0) is 14.1. The van der Waals surface area contributed by atoms with Gasteiger partial charge in [0.05, 0.1) is 17.7 Å². The Bertz CT molecular complexity index is 754. The van der Waals surface area contributed by atoms with Gasteiger partial charge in [-0.1, -0.05) is 22.9 Å². The molecule has 0 amide bonds. The van der Waals surface area contributed by atoms with Crippen molar-refractivity contribution in [3.05, 3.63) is 34.4 Å². The quantitative estimate of drug-likeness (QED) is 0.721. The fraction of sp³-hybridized carbons (Fsp3) is 0.154. The molecule has 0 aromatic carbocycles. The predicted molar refractivity (Wildman–Crippen MR) is 82.8 cm³/mol. The molecule has 0 atom stereocenters. The van der Waals surface area contributed by atoms with Gasteiger partial charge in [-0.3, -0.25) is 0 Å². The molecule has 0 aliphatic heterocycles. The van der Waals surface area contributed by atoms with Crippen molar-refractivity contribution in [1.82, 2.24) is 15.0 Å². The molecular weight excluding hydrogens is 314 g/mol. The molecule has 0 saturated carbocycles. The second-order valence-corrected chi connectivity index (χ2v) is 6.31. The van der Waals surface area contributed by atoms with E-state index in [0.717, 1.165) is 26.3 Å². The first-order valence-electron chi connectivity index (χ1n) is 5.77. The van der Waals surface area contributed by atoms with Crippen LogP contribution in [0.3, 0.4) is 0 Å². The summed E-state index contributed by atoms with van der Waals surface area (Å²) in [5, 5.41) is 3.82. The van der Waals surface area contributed by atoms with Gasteiger partial charge in [-0.15, -0.1) is 11.3 Å². The number of thiophene rings is 1. The molecule has 0 spiro atoms. The summed E-state index contributed by atoms with van der Waals surface area (Å²) in [5.41, 5.74) is 1.76. The second-order valence-electron chi connectivity index (χ2n) is 4.02. The van der Waals surface area contributed by atoms with Crippen molar-refractivity contribution >= 4 is 34.3 Å². The van der Waals surface area contributed by atoms with Crippen molar-refractivity contribution in [2.75, 3.05) is 7.11 Å². The minimum atomic E-state index is 0.467. The van der Waals surface area contributed by atoms with Gasteiger partial charge in [0.15, 0.2) is 15.9 Å². The van der Waals surface area contributed by atoms with E-state index in [1.54, 1.807) is 23.8 Å². The summed E-state index contributed by atoms with van der Waals surface area (Å²) in [7, 11) is 1.66. The first-order chi connectivity index (χ1) is 9.65. The summed E-state index contributed by atoms with van der Waals surface area (Å²) < 4.78 is 5.21. The zero-order valence-corrected chi connectivity index (χ0v) is 13.1. The molecule has 3 rings (SSSR count). The van der Waals surface area contributed by atoms with Crippen molar-refractivity contribution < 1.29 is 4.74 Å². The third-order valence-corrected chi connectivity index (χ3v) is 4.79. The van der Waals surface area contributed by atoms with Gasteiger partial charge < -0.3 is 4.74 Å². The number of aromatic nitrogens is 3. The van der Waals surface area contributed by atoms with E-state index in [1.165, 1.54) is 11.3 Å². The van der Waals surface area contributed by atoms with Gasteiger partial charge in [-0.2, -0.15) is 0 Å². The van der Waals surface area contributed by atoms with Crippen LogP contribution in [0.25, 0.3) is 21.4 Å². The van der Waals surface area contributed by atoms with E-state index in [0.29, 0.717) is 11.0 Å². The van der Waals surface area contributed by atoms with Crippen LogP contribution in [0.4, 0.5) is 0 Å². The third kappa shape index (κ3) is 2.67. The van der Waals surface area contributed by atoms with Gasteiger partial charge in [-0.05, 0) is 25.1 Å². The fourth-order valence-electron chi connectivity index (χ4n) is 1.71. The lowest BCUT2D eigenvalue weighted by Crippen LogP contribution is -1.93. The van der Waals surface area contributed by atoms with E-state index >= 15 is 0 Å².